The van der Waals surface area contributed by atoms with Crippen LogP contribution in [0.3, 0.4) is 0 Å². The average molecular weight is 384 g/mol. The number of hydrogen-bond donors (Lipinski definition) is 2. The molecule has 1 amide bonds. The van der Waals surface area contributed by atoms with Gasteiger partial charge in [-0.3, -0.25) is 9.48 Å². The zero-order valence-electron chi connectivity index (χ0n) is 15.0. The van der Waals surface area contributed by atoms with Crippen LogP contribution in [0.4, 0.5) is 4.39 Å². The number of piperidine rings is 1. The fourth-order valence-electron chi connectivity index (χ4n) is 3.63. The van der Waals surface area contributed by atoms with Crippen LogP contribution in [-0.4, -0.2) is 28.8 Å². The van der Waals surface area contributed by atoms with Gasteiger partial charge < -0.3 is 10.6 Å². The smallest absolute Gasteiger partial charge is 0.262 e. The van der Waals surface area contributed by atoms with Crippen molar-refractivity contribution in [3.05, 3.63) is 64.2 Å². The number of aromatic nitrogens is 2. The van der Waals surface area contributed by atoms with Gasteiger partial charge in [-0.05, 0) is 55.8 Å². The van der Waals surface area contributed by atoms with E-state index in [-0.39, 0.29) is 11.7 Å². The minimum absolute atomic E-state index is 0.0976. The van der Waals surface area contributed by atoms with Gasteiger partial charge in [0.05, 0.1) is 16.1 Å². The molecule has 0 bridgehead atoms. The molecule has 0 radical (unpaired) electrons. The Balaban J connectivity index is 1.60. The highest BCUT2D eigenvalue weighted by Crippen LogP contribution is 2.32. The molecule has 2 aromatic heterocycles. The van der Waals surface area contributed by atoms with Gasteiger partial charge in [-0.1, -0.05) is 12.1 Å². The van der Waals surface area contributed by atoms with Crippen molar-refractivity contribution in [3.8, 4) is 11.3 Å². The Morgan fingerprint density at radius 3 is 2.67 bits per heavy atom. The lowest BCUT2D eigenvalue weighted by Gasteiger charge is -2.39. The van der Waals surface area contributed by atoms with Gasteiger partial charge >= 0.3 is 0 Å². The first-order valence-corrected chi connectivity index (χ1v) is 9.82. The molecule has 1 saturated heterocycles. The van der Waals surface area contributed by atoms with E-state index in [1.807, 2.05) is 24.6 Å². The van der Waals surface area contributed by atoms with Crippen molar-refractivity contribution in [1.29, 1.82) is 0 Å². The molecule has 2 N–H and O–H groups in total. The summed E-state index contributed by atoms with van der Waals surface area (Å²) < 4.78 is 15.2. The van der Waals surface area contributed by atoms with Crippen molar-refractivity contribution >= 4 is 17.2 Å². The van der Waals surface area contributed by atoms with E-state index in [9.17, 15) is 9.18 Å². The highest BCUT2D eigenvalue weighted by Gasteiger charge is 2.36. The lowest BCUT2D eigenvalue weighted by molar-refractivity contribution is 0.0876. The number of hydrogen-bond acceptors (Lipinski definition) is 4. The zero-order valence-corrected chi connectivity index (χ0v) is 15.9. The second-order valence-corrected chi connectivity index (χ2v) is 7.74. The predicted molar refractivity (Wildman–Crippen MR) is 104 cm³/mol. The van der Waals surface area contributed by atoms with Crippen LogP contribution < -0.4 is 10.6 Å². The van der Waals surface area contributed by atoms with Crippen molar-refractivity contribution in [3.63, 3.8) is 0 Å². The topological polar surface area (TPSA) is 59.0 Å². The number of carbonyl (C=O) groups is 1. The summed E-state index contributed by atoms with van der Waals surface area (Å²) in [6.07, 6.45) is 3.28. The standard InChI is InChI=1S/C20H21FN4OS/c1-25-17(6-9-23-25)14-12-18(27-13-14)19(26)24-20(7-10-22-11-8-20)15-2-4-16(21)5-3-15/h2-6,9,12-13,22H,7-8,10-11H2,1H3,(H,24,26). The normalized spacial score (nSPS) is 16.2. The lowest BCUT2D eigenvalue weighted by Crippen LogP contribution is -2.52. The number of rotatable bonds is 4. The van der Waals surface area contributed by atoms with E-state index in [1.165, 1.54) is 23.5 Å². The zero-order chi connectivity index (χ0) is 18.9. The first-order valence-electron chi connectivity index (χ1n) is 8.94. The van der Waals surface area contributed by atoms with Crippen LogP contribution in [0.15, 0.2) is 48.0 Å². The van der Waals surface area contributed by atoms with E-state index in [4.69, 9.17) is 0 Å². The monoisotopic (exact) mass is 384 g/mol. The minimum atomic E-state index is -0.479. The van der Waals surface area contributed by atoms with Gasteiger partial charge in [0.2, 0.25) is 0 Å². The minimum Gasteiger partial charge on any atom is -0.342 e. The van der Waals surface area contributed by atoms with Crippen molar-refractivity contribution in [2.24, 2.45) is 7.05 Å². The second-order valence-electron chi connectivity index (χ2n) is 6.83. The Bertz CT molecular complexity index is 941. The molecule has 1 aliphatic heterocycles. The predicted octanol–water partition coefficient (Wildman–Crippen LogP) is 3.30. The third kappa shape index (κ3) is 3.52. The Morgan fingerprint density at radius 1 is 1.26 bits per heavy atom. The van der Waals surface area contributed by atoms with Crippen LogP contribution >= 0.6 is 11.3 Å². The molecule has 0 atom stereocenters. The van der Waals surface area contributed by atoms with E-state index in [2.05, 4.69) is 15.7 Å². The molecule has 1 aliphatic rings. The fourth-order valence-corrected chi connectivity index (χ4v) is 4.43. The molecular weight excluding hydrogens is 363 g/mol. The van der Waals surface area contributed by atoms with Crippen LogP contribution in [0.1, 0.15) is 28.1 Å². The maximum Gasteiger partial charge on any atom is 0.262 e. The molecule has 0 spiro atoms. The maximum atomic E-state index is 13.4. The van der Waals surface area contributed by atoms with E-state index in [0.717, 1.165) is 42.8 Å². The average Bonchev–Trinajstić information content (AvgIpc) is 3.32. The third-order valence-corrected chi connectivity index (χ3v) is 6.08. The largest absolute Gasteiger partial charge is 0.342 e. The Morgan fingerprint density at radius 2 is 2.00 bits per heavy atom. The van der Waals surface area contributed by atoms with Crippen molar-refractivity contribution < 1.29 is 9.18 Å². The molecule has 0 saturated carbocycles. The number of benzene rings is 1. The quantitative estimate of drug-likeness (QED) is 0.726. The van der Waals surface area contributed by atoms with Crippen LogP contribution in [0, 0.1) is 5.82 Å². The first-order chi connectivity index (χ1) is 13.1. The van der Waals surface area contributed by atoms with Gasteiger partial charge in [0.25, 0.3) is 5.91 Å². The number of nitrogens with zero attached hydrogens (tertiary/aromatic N) is 2. The number of carbonyl (C=O) groups excluding carboxylic acids is 1. The fraction of sp³-hybridized carbons (Fsp3) is 0.300. The number of halogens is 1. The van der Waals surface area contributed by atoms with Crippen LogP contribution in [0.25, 0.3) is 11.3 Å². The van der Waals surface area contributed by atoms with Crippen LogP contribution in [-0.2, 0) is 12.6 Å². The van der Waals surface area contributed by atoms with Crippen molar-refractivity contribution in [1.82, 2.24) is 20.4 Å². The molecule has 4 rings (SSSR count). The maximum absolute atomic E-state index is 13.4. The van der Waals surface area contributed by atoms with Gasteiger partial charge in [0, 0.05) is 24.2 Å². The van der Waals surface area contributed by atoms with Crippen LogP contribution in [0.2, 0.25) is 0 Å². The molecule has 0 unspecified atom stereocenters. The molecule has 1 aromatic carbocycles. The van der Waals surface area contributed by atoms with E-state index < -0.39 is 5.54 Å². The SMILES string of the molecule is Cn1nccc1-c1csc(C(=O)NC2(c3ccc(F)cc3)CCNCC2)c1. The Hall–Kier alpha value is -2.51. The first kappa shape index (κ1) is 17.9. The number of amides is 1. The summed E-state index contributed by atoms with van der Waals surface area (Å²) >= 11 is 1.42. The van der Waals surface area contributed by atoms with Gasteiger partial charge in [0.15, 0.2) is 0 Å². The summed E-state index contributed by atoms with van der Waals surface area (Å²) in [6, 6.07) is 10.3. The molecule has 5 nitrogen and oxygen atoms in total. The van der Waals surface area contributed by atoms with Gasteiger partial charge in [-0.15, -0.1) is 11.3 Å². The van der Waals surface area contributed by atoms with E-state index in [1.54, 1.807) is 23.0 Å². The van der Waals surface area contributed by atoms with Crippen molar-refractivity contribution in [2.75, 3.05) is 13.1 Å². The molecule has 0 aliphatic carbocycles. The van der Waals surface area contributed by atoms with E-state index >= 15 is 0 Å². The third-order valence-electron chi connectivity index (χ3n) is 5.15. The highest BCUT2D eigenvalue weighted by atomic mass is 32.1. The molecule has 27 heavy (non-hydrogen) atoms. The van der Waals surface area contributed by atoms with Gasteiger partial charge in [-0.25, -0.2) is 4.39 Å². The highest BCUT2D eigenvalue weighted by molar-refractivity contribution is 7.12. The summed E-state index contributed by atoms with van der Waals surface area (Å²) in [4.78, 5) is 13.7. The molecule has 3 aromatic rings. The lowest BCUT2D eigenvalue weighted by atomic mass is 9.81. The molecule has 140 valence electrons. The van der Waals surface area contributed by atoms with Crippen LogP contribution in [0.5, 0.6) is 0 Å². The number of aryl methyl sites for hydroxylation is 1. The summed E-state index contributed by atoms with van der Waals surface area (Å²) in [5.41, 5.74) is 2.42. The number of thiophene rings is 1. The Kier molecular flexibility index (Phi) is 4.80. The number of nitrogens with one attached hydrogen (secondary N) is 2. The molecule has 3 heterocycles. The molecular formula is C20H21FN4OS. The molecule has 1 fully saturated rings. The summed E-state index contributed by atoms with van der Waals surface area (Å²) in [7, 11) is 1.88. The second kappa shape index (κ2) is 7.25. The Labute approximate surface area is 161 Å². The van der Waals surface area contributed by atoms with Gasteiger partial charge in [-0.2, -0.15) is 5.10 Å². The summed E-state index contributed by atoms with van der Waals surface area (Å²) in [5, 5.41) is 12.7. The summed E-state index contributed by atoms with van der Waals surface area (Å²) in [5.74, 6) is -0.368. The summed E-state index contributed by atoms with van der Waals surface area (Å²) in [6.45, 7) is 1.62. The van der Waals surface area contributed by atoms with Crippen molar-refractivity contribution in [2.45, 2.75) is 18.4 Å². The molecule has 7 heteroatoms. The van der Waals surface area contributed by atoms with Gasteiger partial charge in [0.1, 0.15) is 5.82 Å². The van der Waals surface area contributed by atoms with E-state index in [0.29, 0.717) is 4.88 Å².